The first kappa shape index (κ1) is 13.9. The maximum atomic E-state index is 12.0. The van der Waals surface area contributed by atoms with Crippen LogP contribution in [0.15, 0.2) is 6.07 Å². The molecular weight excluding hydrogens is 280 g/mol. The van der Waals surface area contributed by atoms with Crippen molar-refractivity contribution >= 4 is 5.78 Å². The zero-order chi connectivity index (χ0) is 15.9. The van der Waals surface area contributed by atoms with Crippen LogP contribution in [0.1, 0.15) is 68.8 Å². The predicted octanol–water partition coefficient (Wildman–Crippen LogP) is 3.80. The first-order valence-electron chi connectivity index (χ1n) is 8.01. The summed E-state index contributed by atoms with van der Waals surface area (Å²) >= 11 is 0. The maximum Gasteiger partial charge on any atom is 0.167 e. The number of carbonyl (C=O) groups excluding carboxylic acids is 1. The topological polar surface area (TPSA) is 55.8 Å². The molecule has 4 nitrogen and oxygen atoms in total. The fraction of sp³-hybridized carbons (Fsp3) is 0.611. The molecule has 1 aromatic carbocycles. The lowest BCUT2D eigenvalue weighted by Gasteiger charge is -2.55. The molecule has 2 bridgehead atoms. The molecule has 0 amide bonds. The van der Waals surface area contributed by atoms with Crippen LogP contribution in [-0.2, 0) is 0 Å². The van der Waals surface area contributed by atoms with Gasteiger partial charge in [-0.25, -0.2) is 0 Å². The molecule has 4 rings (SSSR count). The van der Waals surface area contributed by atoms with Gasteiger partial charge in [0.1, 0.15) is 34.0 Å². The summed E-state index contributed by atoms with van der Waals surface area (Å²) in [6.07, 6.45) is 3.00. The summed E-state index contributed by atoms with van der Waals surface area (Å²) in [6, 6.07) is 1.60. The number of fused-ring (bicyclic) bond motifs is 1. The molecule has 0 spiro atoms. The Labute approximate surface area is 130 Å². The van der Waals surface area contributed by atoms with Gasteiger partial charge >= 0.3 is 0 Å². The Bertz CT molecular complexity index is 691. The molecular formula is C18H22O4. The van der Waals surface area contributed by atoms with E-state index in [4.69, 9.17) is 9.47 Å². The van der Waals surface area contributed by atoms with E-state index in [0.717, 1.165) is 24.8 Å². The lowest BCUT2D eigenvalue weighted by Crippen LogP contribution is -2.54. The number of hydrogen-bond donors (Lipinski definition) is 1. The van der Waals surface area contributed by atoms with Gasteiger partial charge in [-0.05, 0) is 47.0 Å². The summed E-state index contributed by atoms with van der Waals surface area (Å²) in [4.78, 5) is 12.0. The van der Waals surface area contributed by atoms with Gasteiger partial charge < -0.3 is 14.6 Å². The fourth-order valence-corrected chi connectivity index (χ4v) is 4.72. The lowest BCUT2D eigenvalue weighted by molar-refractivity contribution is -0.0731. The van der Waals surface area contributed by atoms with Crippen molar-refractivity contribution in [3.05, 3.63) is 17.2 Å². The molecule has 1 saturated carbocycles. The summed E-state index contributed by atoms with van der Waals surface area (Å²) in [5, 5.41) is 10.3. The van der Waals surface area contributed by atoms with E-state index in [1.165, 1.54) is 6.92 Å². The monoisotopic (exact) mass is 302 g/mol. The smallest absolute Gasteiger partial charge is 0.167 e. The van der Waals surface area contributed by atoms with Gasteiger partial charge in [0.2, 0.25) is 0 Å². The third kappa shape index (κ3) is 1.67. The van der Waals surface area contributed by atoms with Gasteiger partial charge in [0.15, 0.2) is 5.78 Å². The average molecular weight is 302 g/mol. The van der Waals surface area contributed by atoms with E-state index in [1.807, 2.05) is 0 Å². The average Bonchev–Trinajstić information content (AvgIpc) is 2.34. The Kier molecular flexibility index (Phi) is 2.52. The van der Waals surface area contributed by atoms with Crippen LogP contribution in [0.5, 0.6) is 17.2 Å². The van der Waals surface area contributed by atoms with Gasteiger partial charge in [0.25, 0.3) is 0 Å². The molecule has 0 aromatic heterocycles. The number of phenolic OH excluding ortho intramolecular Hbond substituents is 1. The van der Waals surface area contributed by atoms with Gasteiger partial charge in [0, 0.05) is 23.5 Å². The molecule has 1 aliphatic carbocycles. The second-order valence-corrected chi connectivity index (χ2v) is 7.78. The van der Waals surface area contributed by atoms with Crippen LogP contribution < -0.4 is 9.47 Å². The van der Waals surface area contributed by atoms with Crippen molar-refractivity contribution in [3.63, 3.8) is 0 Å². The molecule has 0 saturated heterocycles. The molecule has 0 unspecified atom stereocenters. The van der Waals surface area contributed by atoms with E-state index in [-0.39, 0.29) is 22.7 Å². The number of carbonyl (C=O) groups is 1. The molecule has 118 valence electrons. The van der Waals surface area contributed by atoms with E-state index >= 15 is 0 Å². The van der Waals surface area contributed by atoms with E-state index in [0.29, 0.717) is 28.9 Å². The highest BCUT2D eigenvalue weighted by Crippen LogP contribution is 2.61. The van der Waals surface area contributed by atoms with Gasteiger partial charge in [0.05, 0.1) is 0 Å². The number of benzene rings is 1. The fourth-order valence-electron chi connectivity index (χ4n) is 4.72. The molecule has 1 fully saturated rings. The highest BCUT2D eigenvalue weighted by Gasteiger charge is 2.55. The minimum absolute atomic E-state index is 0.0425. The number of phenols is 1. The zero-order valence-corrected chi connectivity index (χ0v) is 13.5. The normalized spacial score (nSPS) is 33.6. The number of aromatic hydroxyl groups is 1. The first-order chi connectivity index (χ1) is 10.2. The van der Waals surface area contributed by atoms with Crippen LogP contribution >= 0.6 is 0 Å². The summed E-state index contributed by atoms with van der Waals surface area (Å²) in [7, 11) is 0. The molecule has 1 aromatic rings. The maximum absolute atomic E-state index is 12.0. The van der Waals surface area contributed by atoms with Crippen molar-refractivity contribution in [2.75, 3.05) is 0 Å². The Morgan fingerprint density at radius 1 is 1.32 bits per heavy atom. The number of ether oxygens (including phenoxy) is 2. The van der Waals surface area contributed by atoms with Gasteiger partial charge in [-0.1, -0.05) is 0 Å². The summed E-state index contributed by atoms with van der Waals surface area (Å²) in [6.45, 7) is 7.79. The van der Waals surface area contributed by atoms with E-state index in [1.54, 1.807) is 6.07 Å². The van der Waals surface area contributed by atoms with Crippen LogP contribution in [0.4, 0.5) is 0 Å². The Morgan fingerprint density at radius 2 is 2.05 bits per heavy atom. The third-order valence-corrected chi connectivity index (χ3v) is 5.72. The van der Waals surface area contributed by atoms with Gasteiger partial charge in [-0.2, -0.15) is 0 Å². The van der Waals surface area contributed by atoms with Crippen molar-refractivity contribution in [2.45, 2.75) is 64.1 Å². The van der Waals surface area contributed by atoms with Gasteiger partial charge in [-0.15, -0.1) is 0 Å². The third-order valence-electron chi connectivity index (χ3n) is 5.72. The molecule has 3 aliphatic rings. The van der Waals surface area contributed by atoms with E-state index < -0.39 is 0 Å². The van der Waals surface area contributed by atoms with Crippen LogP contribution in [0, 0.1) is 5.92 Å². The van der Waals surface area contributed by atoms with Crippen LogP contribution in [0.3, 0.4) is 0 Å². The summed E-state index contributed by atoms with van der Waals surface area (Å²) in [5.74, 6) is 1.77. The number of Topliss-reactive ketones (excluding diaryl/α,β-unsaturated/α-hetero) is 1. The number of rotatable bonds is 1. The first-order valence-corrected chi connectivity index (χ1v) is 8.01. The zero-order valence-electron chi connectivity index (χ0n) is 13.5. The molecule has 2 aliphatic heterocycles. The Morgan fingerprint density at radius 3 is 2.73 bits per heavy atom. The predicted molar refractivity (Wildman–Crippen MR) is 81.9 cm³/mol. The van der Waals surface area contributed by atoms with Gasteiger partial charge in [-0.3, -0.25) is 4.79 Å². The van der Waals surface area contributed by atoms with E-state index in [9.17, 15) is 9.90 Å². The molecule has 4 heteroatoms. The van der Waals surface area contributed by atoms with Crippen LogP contribution in [0.2, 0.25) is 0 Å². The highest BCUT2D eigenvalue weighted by molar-refractivity contribution is 6.00. The highest BCUT2D eigenvalue weighted by atomic mass is 16.5. The molecule has 0 radical (unpaired) electrons. The van der Waals surface area contributed by atoms with Crippen molar-refractivity contribution in [3.8, 4) is 17.2 Å². The second-order valence-electron chi connectivity index (χ2n) is 7.78. The minimum Gasteiger partial charge on any atom is -0.507 e. The van der Waals surface area contributed by atoms with Crippen LogP contribution in [-0.4, -0.2) is 22.1 Å². The Balaban J connectivity index is 2.03. The largest absolute Gasteiger partial charge is 0.507 e. The van der Waals surface area contributed by atoms with Crippen LogP contribution in [0.25, 0.3) is 0 Å². The van der Waals surface area contributed by atoms with E-state index in [2.05, 4.69) is 20.8 Å². The standard InChI is InChI=1S/C18H22O4/c1-9(19)14-12(20)7-13-15-10-8-18(4,21-13)6-5-11(10)17(2,3)22-16(14)15/h7,10-11,20H,5-6,8H2,1-4H3/t10-,11+,18-/m1/s1. The second kappa shape index (κ2) is 3.98. The number of hydrogen-bond acceptors (Lipinski definition) is 4. The van der Waals surface area contributed by atoms with Crippen molar-refractivity contribution in [1.29, 1.82) is 0 Å². The summed E-state index contributed by atoms with van der Waals surface area (Å²) < 4.78 is 12.4. The number of ketones is 1. The minimum atomic E-state index is -0.342. The van der Waals surface area contributed by atoms with Crippen molar-refractivity contribution in [2.24, 2.45) is 5.92 Å². The Hall–Kier alpha value is -1.71. The summed E-state index contributed by atoms with van der Waals surface area (Å²) in [5.41, 5.74) is 0.766. The SMILES string of the molecule is CC(=O)c1c(O)cc2c3c1OC(C)(C)[C@H]1CC[C@](C)(C[C@@H]31)O2. The molecule has 3 atom stereocenters. The molecule has 22 heavy (non-hydrogen) atoms. The lowest BCUT2D eigenvalue weighted by atomic mass is 9.61. The van der Waals surface area contributed by atoms with Crippen molar-refractivity contribution in [1.82, 2.24) is 0 Å². The van der Waals surface area contributed by atoms with Crippen molar-refractivity contribution < 1.29 is 19.4 Å². The molecule has 2 heterocycles. The quantitative estimate of drug-likeness (QED) is 0.802. The molecule has 1 N–H and O–H groups in total.